The molecule has 1 unspecified atom stereocenters. The summed E-state index contributed by atoms with van der Waals surface area (Å²) < 4.78 is 0. The number of nitrogens with two attached hydrogens (primary N) is 1. The van der Waals surface area contributed by atoms with Gasteiger partial charge < -0.3 is 21.7 Å². The Morgan fingerprint density at radius 2 is 1.71 bits per heavy atom. The van der Waals surface area contributed by atoms with Gasteiger partial charge in [-0.2, -0.15) is 12.6 Å². The van der Waals surface area contributed by atoms with Gasteiger partial charge in [-0.15, -0.1) is 0 Å². The smallest absolute Gasteiger partial charge is 0.251 e. The topological polar surface area (TPSA) is 130 Å². The second-order valence-electron chi connectivity index (χ2n) is 4.87. The fraction of sp³-hybridized carbons (Fsp3) is 0.333. The molecule has 0 fully saturated rings. The van der Waals surface area contributed by atoms with Crippen LogP contribution in [0.5, 0.6) is 0 Å². The zero-order valence-electron chi connectivity index (χ0n) is 13.0. The number of rotatable bonds is 9. The third kappa shape index (κ3) is 7.14. The van der Waals surface area contributed by atoms with Gasteiger partial charge in [0.1, 0.15) is 6.04 Å². The molecule has 0 aliphatic rings. The van der Waals surface area contributed by atoms with Gasteiger partial charge in [0.25, 0.3) is 5.91 Å². The normalized spacial score (nSPS) is 11.2. The van der Waals surface area contributed by atoms with E-state index in [1.807, 2.05) is 0 Å². The van der Waals surface area contributed by atoms with E-state index in [1.54, 1.807) is 30.3 Å². The first-order valence-electron chi connectivity index (χ1n) is 7.23. The molecule has 5 N–H and O–H groups in total. The summed E-state index contributed by atoms with van der Waals surface area (Å²) in [7, 11) is 0. The maximum absolute atomic E-state index is 12.1. The van der Waals surface area contributed by atoms with E-state index in [0.717, 1.165) is 0 Å². The molecule has 0 bridgehead atoms. The van der Waals surface area contributed by atoms with Crippen molar-refractivity contribution in [3.05, 3.63) is 35.9 Å². The van der Waals surface area contributed by atoms with E-state index in [9.17, 15) is 19.2 Å². The molecule has 4 amide bonds. The summed E-state index contributed by atoms with van der Waals surface area (Å²) in [4.78, 5) is 46.2. The van der Waals surface area contributed by atoms with Crippen molar-refractivity contribution in [2.24, 2.45) is 5.73 Å². The maximum Gasteiger partial charge on any atom is 0.251 e. The van der Waals surface area contributed by atoms with E-state index >= 15 is 0 Å². The zero-order chi connectivity index (χ0) is 17.9. The molecule has 1 atom stereocenters. The van der Waals surface area contributed by atoms with E-state index < -0.39 is 29.7 Å². The lowest BCUT2D eigenvalue weighted by Gasteiger charge is -2.17. The van der Waals surface area contributed by atoms with Crippen molar-refractivity contribution in [2.75, 3.05) is 18.8 Å². The van der Waals surface area contributed by atoms with E-state index in [2.05, 4.69) is 28.6 Å². The fourth-order valence-corrected chi connectivity index (χ4v) is 2.03. The molecular formula is C15H20N4O4S. The van der Waals surface area contributed by atoms with Crippen LogP contribution >= 0.6 is 12.6 Å². The molecule has 0 radical (unpaired) electrons. The first-order valence-corrected chi connectivity index (χ1v) is 7.86. The molecule has 0 aromatic heterocycles. The molecule has 0 saturated heterocycles. The van der Waals surface area contributed by atoms with Crippen LogP contribution < -0.4 is 21.7 Å². The molecule has 0 spiro atoms. The van der Waals surface area contributed by atoms with Gasteiger partial charge in [0, 0.05) is 5.56 Å². The van der Waals surface area contributed by atoms with Gasteiger partial charge in [0.2, 0.25) is 17.7 Å². The lowest BCUT2D eigenvalue weighted by atomic mass is 10.1. The molecule has 9 heteroatoms. The number of amides is 4. The van der Waals surface area contributed by atoms with Crippen LogP contribution in [0.25, 0.3) is 0 Å². The van der Waals surface area contributed by atoms with Crippen molar-refractivity contribution in [1.82, 2.24) is 16.0 Å². The Bertz CT molecular complexity index is 594. The number of primary amides is 1. The first kappa shape index (κ1) is 19.5. The summed E-state index contributed by atoms with van der Waals surface area (Å²) in [6, 6.07) is 7.64. The molecule has 0 aliphatic heterocycles. The first-order chi connectivity index (χ1) is 11.4. The Labute approximate surface area is 145 Å². The number of benzene rings is 1. The van der Waals surface area contributed by atoms with E-state index in [4.69, 9.17) is 5.73 Å². The molecule has 0 aliphatic carbocycles. The van der Waals surface area contributed by atoms with Crippen LogP contribution in [-0.2, 0) is 14.4 Å². The molecule has 0 saturated carbocycles. The lowest BCUT2D eigenvalue weighted by Crippen LogP contribution is -2.49. The lowest BCUT2D eigenvalue weighted by molar-refractivity contribution is -0.128. The molecule has 8 nitrogen and oxygen atoms in total. The predicted octanol–water partition coefficient (Wildman–Crippen LogP) is -1.18. The molecule has 0 heterocycles. The molecule has 1 aromatic carbocycles. The van der Waals surface area contributed by atoms with Crippen LogP contribution in [0.4, 0.5) is 0 Å². The van der Waals surface area contributed by atoms with Gasteiger partial charge in [-0.05, 0) is 24.3 Å². The number of carbonyl (C=O) groups is 4. The minimum atomic E-state index is -0.820. The van der Waals surface area contributed by atoms with Crippen molar-refractivity contribution < 1.29 is 19.2 Å². The summed E-state index contributed by atoms with van der Waals surface area (Å²) >= 11 is 4.07. The average molecular weight is 352 g/mol. The summed E-state index contributed by atoms with van der Waals surface area (Å²) in [6.07, 6.45) is 0.302. The molecule has 1 rings (SSSR count). The Morgan fingerprint density at radius 3 is 2.29 bits per heavy atom. The maximum atomic E-state index is 12.1. The van der Waals surface area contributed by atoms with Crippen molar-refractivity contribution in [2.45, 2.75) is 12.5 Å². The highest BCUT2D eigenvalue weighted by atomic mass is 32.1. The second-order valence-corrected chi connectivity index (χ2v) is 5.31. The van der Waals surface area contributed by atoms with Crippen molar-refractivity contribution >= 4 is 36.3 Å². The minimum Gasteiger partial charge on any atom is -0.368 e. The van der Waals surface area contributed by atoms with Crippen LogP contribution in [0.1, 0.15) is 16.8 Å². The third-order valence-corrected chi connectivity index (χ3v) is 3.22. The minimum absolute atomic E-state index is 0.302. The van der Waals surface area contributed by atoms with Crippen LogP contribution in [-0.4, -0.2) is 48.5 Å². The molecule has 24 heavy (non-hydrogen) atoms. The van der Waals surface area contributed by atoms with E-state index in [-0.39, 0.29) is 13.1 Å². The SMILES string of the molecule is NC(=O)CNC(=O)CNC(=O)C(CCS)NC(=O)c1ccccc1. The standard InChI is InChI=1S/C15H20N4O4S/c16-12(20)8-17-13(21)9-18-15(23)11(6-7-24)19-14(22)10-4-2-1-3-5-10/h1-5,11,24H,6-9H2,(H2,16,20)(H,17,21)(H,18,23)(H,19,22). The number of thiol groups is 1. The van der Waals surface area contributed by atoms with Crippen LogP contribution in [0, 0.1) is 0 Å². The van der Waals surface area contributed by atoms with E-state index in [1.165, 1.54) is 0 Å². The Balaban J connectivity index is 2.54. The highest BCUT2D eigenvalue weighted by Gasteiger charge is 2.21. The summed E-state index contributed by atoms with van der Waals surface area (Å²) in [5, 5.41) is 7.24. The van der Waals surface area contributed by atoms with Crippen LogP contribution in [0.2, 0.25) is 0 Å². The van der Waals surface area contributed by atoms with E-state index in [0.29, 0.717) is 17.7 Å². The van der Waals surface area contributed by atoms with Gasteiger partial charge in [0.15, 0.2) is 0 Å². The largest absolute Gasteiger partial charge is 0.368 e. The third-order valence-electron chi connectivity index (χ3n) is 2.96. The Morgan fingerprint density at radius 1 is 1.04 bits per heavy atom. The summed E-state index contributed by atoms with van der Waals surface area (Å²) in [5.74, 6) is -1.77. The van der Waals surface area contributed by atoms with Gasteiger partial charge >= 0.3 is 0 Å². The number of carbonyl (C=O) groups excluding carboxylic acids is 4. The van der Waals surface area contributed by atoms with Crippen molar-refractivity contribution in [1.29, 1.82) is 0 Å². The molecular weight excluding hydrogens is 332 g/mol. The van der Waals surface area contributed by atoms with Crippen LogP contribution in [0.15, 0.2) is 30.3 Å². The fourth-order valence-electron chi connectivity index (χ4n) is 1.77. The Kier molecular flexibility index (Phi) is 8.34. The van der Waals surface area contributed by atoms with Crippen LogP contribution in [0.3, 0.4) is 0 Å². The predicted molar refractivity (Wildman–Crippen MR) is 91.4 cm³/mol. The van der Waals surface area contributed by atoms with Gasteiger partial charge in [-0.3, -0.25) is 19.2 Å². The van der Waals surface area contributed by atoms with Gasteiger partial charge in [0.05, 0.1) is 13.1 Å². The second kappa shape index (κ2) is 10.3. The zero-order valence-corrected chi connectivity index (χ0v) is 13.8. The van der Waals surface area contributed by atoms with Gasteiger partial charge in [-0.25, -0.2) is 0 Å². The Hall–Kier alpha value is -2.55. The number of hydrogen-bond donors (Lipinski definition) is 5. The van der Waals surface area contributed by atoms with Crippen molar-refractivity contribution in [3.63, 3.8) is 0 Å². The van der Waals surface area contributed by atoms with Gasteiger partial charge in [-0.1, -0.05) is 18.2 Å². The quantitative estimate of drug-likeness (QED) is 0.358. The van der Waals surface area contributed by atoms with Crippen molar-refractivity contribution in [3.8, 4) is 0 Å². The highest BCUT2D eigenvalue weighted by Crippen LogP contribution is 2.01. The monoisotopic (exact) mass is 352 g/mol. The average Bonchev–Trinajstić information content (AvgIpc) is 2.58. The number of hydrogen-bond acceptors (Lipinski definition) is 5. The summed E-state index contributed by atoms with van der Waals surface area (Å²) in [5.41, 5.74) is 5.32. The molecule has 1 aromatic rings. The summed E-state index contributed by atoms with van der Waals surface area (Å²) in [6.45, 7) is -0.629. The molecule has 130 valence electrons. The number of nitrogens with one attached hydrogen (secondary N) is 3. The highest BCUT2D eigenvalue weighted by molar-refractivity contribution is 7.80.